The van der Waals surface area contributed by atoms with Crippen LogP contribution >= 0.6 is 11.6 Å². The van der Waals surface area contributed by atoms with E-state index in [0.29, 0.717) is 11.4 Å². The first-order chi connectivity index (χ1) is 10.9. The summed E-state index contributed by atoms with van der Waals surface area (Å²) in [6, 6.07) is 13.0. The largest absolute Gasteiger partial charge is 0.274 e. The fourth-order valence-electron chi connectivity index (χ4n) is 2.77. The lowest BCUT2D eigenvalue weighted by molar-refractivity contribution is -0.124. The molecule has 1 unspecified atom stereocenters. The third-order valence-corrected chi connectivity index (χ3v) is 6.09. The minimum Gasteiger partial charge on any atom is -0.274 e. The molecule has 1 aliphatic heterocycles. The van der Waals surface area contributed by atoms with E-state index in [1.807, 2.05) is 6.92 Å². The molecule has 4 nitrogen and oxygen atoms in total. The number of carbonyl (C=O) groups excluding carboxylic acids is 1. The molecule has 1 aliphatic rings. The Morgan fingerprint density at radius 2 is 1.65 bits per heavy atom. The first kappa shape index (κ1) is 16.0. The van der Waals surface area contributed by atoms with Gasteiger partial charge < -0.3 is 0 Å². The molecule has 0 spiro atoms. The molecule has 0 aromatic heterocycles. The van der Waals surface area contributed by atoms with Crippen molar-refractivity contribution in [3.63, 3.8) is 0 Å². The fourth-order valence-corrected chi connectivity index (χ4v) is 4.53. The van der Waals surface area contributed by atoms with E-state index < -0.39 is 16.1 Å². The molecule has 1 atom stereocenters. The molecule has 2 aromatic carbocycles. The molecule has 23 heavy (non-hydrogen) atoms. The maximum Gasteiger partial charge on any atom is 0.267 e. The van der Waals surface area contributed by atoms with Crippen molar-refractivity contribution >= 4 is 27.5 Å². The number of sulfonamides is 1. The summed E-state index contributed by atoms with van der Waals surface area (Å²) in [7, 11) is -3.86. The summed E-state index contributed by atoms with van der Waals surface area (Å²) in [5.74, 6) is -0.370. The number of aryl methyl sites for hydroxylation is 1. The number of hydrogen-bond donors (Lipinski definition) is 0. The fraction of sp³-hybridized carbons (Fsp3) is 0.235. The maximum atomic E-state index is 12.9. The standard InChI is InChI=1S/C17H16ClNO3S/c1-12-2-8-15(9-3-12)23(21,22)19-16(10-11-17(19)20)13-4-6-14(18)7-5-13/h2-9,16H,10-11H2,1H3. The second-order valence-electron chi connectivity index (χ2n) is 5.61. The SMILES string of the molecule is Cc1ccc(S(=O)(=O)N2C(=O)CCC2c2ccc(Cl)cc2)cc1. The molecule has 0 bridgehead atoms. The lowest BCUT2D eigenvalue weighted by Crippen LogP contribution is -2.34. The highest BCUT2D eigenvalue weighted by atomic mass is 35.5. The Hall–Kier alpha value is -1.85. The van der Waals surface area contributed by atoms with Gasteiger partial charge in [0.25, 0.3) is 10.0 Å². The van der Waals surface area contributed by atoms with Crippen LogP contribution in [0.25, 0.3) is 0 Å². The van der Waals surface area contributed by atoms with Crippen LogP contribution < -0.4 is 0 Å². The Labute approximate surface area is 140 Å². The Morgan fingerprint density at radius 1 is 1.04 bits per heavy atom. The minimum absolute atomic E-state index is 0.136. The van der Waals surface area contributed by atoms with Crippen molar-refractivity contribution in [1.82, 2.24) is 4.31 Å². The minimum atomic E-state index is -3.86. The monoisotopic (exact) mass is 349 g/mol. The summed E-state index contributed by atoms with van der Waals surface area (Å²) in [6.45, 7) is 1.88. The third-order valence-electron chi connectivity index (χ3n) is 3.99. The number of carbonyl (C=O) groups is 1. The maximum absolute atomic E-state index is 12.9. The molecule has 1 saturated heterocycles. The summed E-state index contributed by atoms with van der Waals surface area (Å²) in [5, 5.41) is 0.575. The molecular formula is C17H16ClNO3S. The zero-order valence-corrected chi connectivity index (χ0v) is 14.1. The Balaban J connectivity index is 2.02. The molecule has 1 amide bonds. The first-order valence-corrected chi connectivity index (χ1v) is 9.11. The van der Waals surface area contributed by atoms with Gasteiger partial charge in [0.1, 0.15) is 0 Å². The van der Waals surface area contributed by atoms with Gasteiger partial charge in [-0.25, -0.2) is 12.7 Å². The number of hydrogen-bond acceptors (Lipinski definition) is 3. The van der Waals surface area contributed by atoms with Crippen molar-refractivity contribution < 1.29 is 13.2 Å². The second-order valence-corrected chi connectivity index (χ2v) is 7.87. The molecule has 3 rings (SSSR count). The quantitative estimate of drug-likeness (QED) is 0.849. The van der Waals surface area contributed by atoms with Gasteiger partial charge in [-0.15, -0.1) is 0 Å². The van der Waals surface area contributed by atoms with Gasteiger partial charge in [-0.1, -0.05) is 41.4 Å². The van der Waals surface area contributed by atoms with Gasteiger partial charge in [0, 0.05) is 11.4 Å². The Morgan fingerprint density at radius 3 is 2.26 bits per heavy atom. The van der Waals surface area contributed by atoms with Gasteiger partial charge in [0.15, 0.2) is 0 Å². The second kappa shape index (κ2) is 5.98. The van der Waals surface area contributed by atoms with Crippen LogP contribution in [0.15, 0.2) is 53.4 Å². The first-order valence-electron chi connectivity index (χ1n) is 7.29. The van der Waals surface area contributed by atoms with Crippen molar-refractivity contribution in [2.24, 2.45) is 0 Å². The zero-order valence-electron chi connectivity index (χ0n) is 12.6. The van der Waals surface area contributed by atoms with E-state index in [0.717, 1.165) is 15.4 Å². The van der Waals surface area contributed by atoms with E-state index in [1.165, 1.54) is 12.1 Å². The van der Waals surface area contributed by atoms with Crippen LogP contribution in [-0.4, -0.2) is 18.6 Å². The van der Waals surface area contributed by atoms with Gasteiger partial charge in [-0.3, -0.25) is 4.79 Å². The average Bonchev–Trinajstić information content (AvgIpc) is 2.91. The van der Waals surface area contributed by atoms with Crippen LogP contribution in [0.3, 0.4) is 0 Å². The summed E-state index contributed by atoms with van der Waals surface area (Å²) >= 11 is 5.89. The average molecular weight is 350 g/mol. The summed E-state index contributed by atoms with van der Waals surface area (Å²) in [6.07, 6.45) is 0.698. The lowest BCUT2D eigenvalue weighted by Gasteiger charge is -2.25. The molecule has 6 heteroatoms. The zero-order chi connectivity index (χ0) is 16.6. The van der Waals surface area contributed by atoms with E-state index in [1.54, 1.807) is 36.4 Å². The van der Waals surface area contributed by atoms with Crippen LogP contribution in [0.4, 0.5) is 0 Å². The highest BCUT2D eigenvalue weighted by molar-refractivity contribution is 7.89. The molecule has 0 N–H and O–H groups in total. The molecular weight excluding hydrogens is 334 g/mol. The van der Waals surface area contributed by atoms with Crippen molar-refractivity contribution in [2.75, 3.05) is 0 Å². The van der Waals surface area contributed by atoms with Crippen LogP contribution in [0.2, 0.25) is 5.02 Å². The van der Waals surface area contributed by atoms with Crippen molar-refractivity contribution in [3.8, 4) is 0 Å². The van der Waals surface area contributed by atoms with E-state index >= 15 is 0 Å². The van der Waals surface area contributed by atoms with Gasteiger partial charge >= 0.3 is 0 Å². The molecule has 0 saturated carbocycles. The van der Waals surface area contributed by atoms with Crippen LogP contribution in [0, 0.1) is 6.92 Å². The number of amides is 1. The predicted octanol–water partition coefficient (Wildman–Crippen LogP) is 3.70. The smallest absolute Gasteiger partial charge is 0.267 e. The van der Waals surface area contributed by atoms with E-state index in [-0.39, 0.29) is 17.2 Å². The van der Waals surface area contributed by atoms with Gasteiger partial charge in [-0.05, 0) is 43.2 Å². The number of benzene rings is 2. The lowest BCUT2D eigenvalue weighted by atomic mass is 10.1. The topological polar surface area (TPSA) is 54.5 Å². The summed E-state index contributed by atoms with van der Waals surface area (Å²) < 4.78 is 26.8. The van der Waals surface area contributed by atoms with E-state index in [2.05, 4.69) is 0 Å². The summed E-state index contributed by atoms with van der Waals surface area (Å²) in [5.41, 5.74) is 1.74. The van der Waals surface area contributed by atoms with Crippen molar-refractivity contribution in [2.45, 2.75) is 30.7 Å². The van der Waals surface area contributed by atoms with E-state index in [9.17, 15) is 13.2 Å². The van der Waals surface area contributed by atoms with Crippen LogP contribution in [0.5, 0.6) is 0 Å². The Bertz CT molecular complexity index is 829. The molecule has 0 radical (unpaired) electrons. The number of rotatable bonds is 3. The molecule has 1 fully saturated rings. The molecule has 2 aromatic rings. The molecule has 0 aliphatic carbocycles. The predicted molar refractivity (Wildman–Crippen MR) is 88.6 cm³/mol. The van der Waals surface area contributed by atoms with Crippen molar-refractivity contribution in [3.05, 3.63) is 64.7 Å². The van der Waals surface area contributed by atoms with Gasteiger partial charge in [0.05, 0.1) is 10.9 Å². The van der Waals surface area contributed by atoms with Crippen molar-refractivity contribution in [1.29, 1.82) is 0 Å². The van der Waals surface area contributed by atoms with Gasteiger partial charge in [-0.2, -0.15) is 0 Å². The number of halogens is 1. The normalized spacial score (nSPS) is 18.4. The third kappa shape index (κ3) is 2.99. The molecule has 120 valence electrons. The Kier molecular flexibility index (Phi) is 4.17. The van der Waals surface area contributed by atoms with Gasteiger partial charge in [0.2, 0.25) is 5.91 Å². The van der Waals surface area contributed by atoms with Crippen LogP contribution in [-0.2, 0) is 14.8 Å². The highest BCUT2D eigenvalue weighted by Crippen LogP contribution is 2.37. The molecule has 1 heterocycles. The van der Waals surface area contributed by atoms with E-state index in [4.69, 9.17) is 11.6 Å². The van der Waals surface area contributed by atoms with Crippen LogP contribution in [0.1, 0.15) is 30.0 Å². The summed E-state index contributed by atoms with van der Waals surface area (Å²) in [4.78, 5) is 12.4. The highest BCUT2D eigenvalue weighted by Gasteiger charge is 2.41. The number of nitrogens with zero attached hydrogens (tertiary/aromatic N) is 1.